The van der Waals surface area contributed by atoms with Crippen molar-refractivity contribution in [3.8, 4) is 11.5 Å². The van der Waals surface area contributed by atoms with Crippen LogP contribution in [0.4, 0.5) is 0 Å². The maximum atomic E-state index is 10.4. The van der Waals surface area contributed by atoms with Gasteiger partial charge in [0, 0.05) is 12.7 Å². The van der Waals surface area contributed by atoms with Gasteiger partial charge in [0.2, 0.25) is 11.7 Å². The van der Waals surface area contributed by atoms with E-state index in [-0.39, 0.29) is 0 Å². The predicted octanol–water partition coefficient (Wildman–Crippen LogP) is 1.87. The molecule has 6 heteroatoms. The summed E-state index contributed by atoms with van der Waals surface area (Å²) in [6.45, 7) is 1.16. The Morgan fingerprint density at radius 1 is 1.33 bits per heavy atom. The molecule has 2 heterocycles. The van der Waals surface area contributed by atoms with Crippen LogP contribution in [-0.4, -0.2) is 44.3 Å². The summed E-state index contributed by atoms with van der Waals surface area (Å²) in [4.78, 5) is 10.6. The molecule has 2 aromatic rings. The van der Waals surface area contributed by atoms with Gasteiger partial charge < -0.3 is 9.63 Å². The summed E-state index contributed by atoms with van der Waals surface area (Å²) < 4.78 is 5.26. The molecule has 0 atom stereocenters. The van der Waals surface area contributed by atoms with Crippen molar-refractivity contribution < 1.29 is 9.63 Å². The molecule has 1 aliphatic rings. The minimum atomic E-state index is -0.557. The Balaban J connectivity index is 1.62. The van der Waals surface area contributed by atoms with E-state index in [9.17, 15) is 5.11 Å². The zero-order valence-electron chi connectivity index (χ0n) is 12.2. The van der Waals surface area contributed by atoms with Crippen LogP contribution in [0.15, 0.2) is 28.9 Å². The van der Waals surface area contributed by atoms with E-state index in [0.29, 0.717) is 30.5 Å². The van der Waals surface area contributed by atoms with Gasteiger partial charge in [0.15, 0.2) is 0 Å². The number of aromatic nitrogens is 3. The summed E-state index contributed by atoms with van der Waals surface area (Å²) in [5.74, 6) is 1.04. The van der Waals surface area contributed by atoms with E-state index >= 15 is 0 Å². The van der Waals surface area contributed by atoms with Gasteiger partial charge in [-0.25, -0.2) is 0 Å². The molecule has 1 saturated carbocycles. The molecule has 0 aromatic carbocycles. The molecule has 0 spiro atoms. The van der Waals surface area contributed by atoms with Gasteiger partial charge in [-0.2, -0.15) is 4.98 Å². The topological polar surface area (TPSA) is 75.3 Å². The number of aliphatic hydroxyl groups is 1. The number of hydrogen-bond donors (Lipinski definition) is 1. The molecule has 0 amide bonds. The lowest BCUT2D eigenvalue weighted by molar-refractivity contribution is 0.0124. The third-order valence-electron chi connectivity index (χ3n) is 3.87. The Hall–Kier alpha value is -1.79. The van der Waals surface area contributed by atoms with Crippen molar-refractivity contribution in [1.29, 1.82) is 0 Å². The Kier molecular flexibility index (Phi) is 3.98. The van der Waals surface area contributed by atoms with E-state index in [1.54, 1.807) is 6.20 Å². The summed E-state index contributed by atoms with van der Waals surface area (Å²) in [5, 5.41) is 14.4. The maximum absolute atomic E-state index is 10.4. The normalized spacial score (nSPS) is 17.5. The van der Waals surface area contributed by atoms with Crippen molar-refractivity contribution in [1.82, 2.24) is 20.0 Å². The SMILES string of the molecule is CN(Cc1nc(-c2ccccn2)no1)CC1(O)CCCC1. The van der Waals surface area contributed by atoms with Crippen molar-refractivity contribution in [2.75, 3.05) is 13.6 Å². The van der Waals surface area contributed by atoms with Crippen molar-refractivity contribution in [3.05, 3.63) is 30.3 Å². The molecule has 112 valence electrons. The molecule has 1 N–H and O–H groups in total. The van der Waals surface area contributed by atoms with Crippen LogP contribution in [0.1, 0.15) is 31.6 Å². The average Bonchev–Trinajstić information content (AvgIpc) is 3.09. The Bertz CT molecular complexity index is 578. The molecule has 3 rings (SSSR count). The molecule has 0 saturated heterocycles. The van der Waals surface area contributed by atoms with E-state index in [1.165, 1.54) is 0 Å². The third kappa shape index (κ3) is 3.46. The van der Waals surface area contributed by atoms with Crippen molar-refractivity contribution >= 4 is 0 Å². The van der Waals surface area contributed by atoms with E-state index in [4.69, 9.17) is 4.52 Å². The standard InChI is InChI=1S/C15H20N4O2/c1-19(11-15(20)7-3-4-8-15)10-13-17-14(18-21-13)12-6-2-5-9-16-12/h2,5-6,9,20H,3-4,7-8,10-11H2,1H3. The summed E-state index contributed by atoms with van der Waals surface area (Å²) in [5.41, 5.74) is 0.142. The molecule has 6 nitrogen and oxygen atoms in total. The number of pyridine rings is 1. The van der Waals surface area contributed by atoms with Crippen molar-refractivity contribution in [2.24, 2.45) is 0 Å². The molecule has 1 aliphatic carbocycles. The first-order chi connectivity index (χ1) is 10.1. The smallest absolute Gasteiger partial charge is 0.241 e. The maximum Gasteiger partial charge on any atom is 0.241 e. The molecule has 0 radical (unpaired) electrons. The molecular weight excluding hydrogens is 268 g/mol. The van der Waals surface area contributed by atoms with Crippen LogP contribution in [0.5, 0.6) is 0 Å². The van der Waals surface area contributed by atoms with Crippen LogP contribution >= 0.6 is 0 Å². The Morgan fingerprint density at radius 2 is 2.14 bits per heavy atom. The van der Waals surface area contributed by atoms with Crippen molar-refractivity contribution in [2.45, 2.75) is 37.8 Å². The fraction of sp³-hybridized carbons (Fsp3) is 0.533. The van der Waals surface area contributed by atoms with Crippen LogP contribution < -0.4 is 0 Å². The minimum Gasteiger partial charge on any atom is -0.389 e. The molecule has 21 heavy (non-hydrogen) atoms. The van der Waals surface area contributed by atoms with Gasteiger partial charge in [-0.15, -0.1) is 0 Å². The van der Waals surface area contributed by atoms with Gasteiger partial charge in [0.25, 0.3) is 0 Å². The summed E-state index contributed by atoms with van der Waals surface area (Å²) in [7, 11) is 1.96. The van der Waals surface area contributed by atoms with Crippen LogP contribution in [-0.2, 0) is 6.54 Å². The van der Waals surface area contributed by atoms with Crippen LogP contribution in [0.3, 0.4) is 0 Å². The predicted molar refractivity (Wildman–Crippen MR) is 77.3 cm³/mol. The highest BCUT2D eigenvalue weighted by atomic mass is 16.5. The molecule has 2 aromatic heterocycles. The molecule has 0 aliphatic heterocycles. The van der Waals surface area contributed by atoms with Gasteiger partial charge in [-0.3, -0.25) is 9.88 Å². The van der Waals surface area contributed by atoms with Gasteiger partial charge in [0.1, 0.15) is 5.69 Å². The monoisotopic (exact) mass is 288 g/mol. The summed E-state index contributed by atoms with van der Waals surface area (Å²) >= 11 is 0. The second-order valence-corrected chi connectivity index (χ2v) is 5.83. The first-order valence-corrected chi connectivity index (χ1v) is 7.30. The molecule has 1 fully saturated rings. The summed E-state index contributed by atoms with van der Waals surface area (Å²) in [6.07, 6.45) is 5.66. The molecule has 0 unspecified atom stereocenters. The zero-order valence-corrected chi connectivity index (χ0v) is 12.2. The lowest BCUT2D eigenvalue weighted by atomic mass is 10.0. The number of nitrogens with zero attached hydrogens (tertiary/aromatic N) is 4. The van der Waals surface area contributed by atoms with Crippen LogP contribution in [0.25, 0.3) is 11.5 Å². The van der Waals surface area contributed by atoms with Crippen LogP contribution in [0.2, 0.25) is 0 Å². The van der Waals surface area contributed by atoms with Gasteiger partial charge in [-0.1, -0.05) is 24.1 Å². The van der Waals surface area contributed by atoms with Gasteiger partial charge >= 0.3 is 0 Å². The number of hydrogen-bond acceptors (Lipinski definition) is 6. The highest BCUT2D eigenvalue weighted by molar-refractivity contribution is 5.46. The second-order valence-electron chi connectivity index (χ2n) is 5.83. The van der Waals surface area contributed by atoms with E-state index < -0.39 is 5.60 Å². The fourth-order valence-corrected chi connectivity index (χ4v) is 2.90. The average molecular weight is 288 g/mol. The number of rotatable bonds is 5. The summed E-state index contributed by atoms with van der Waals surface area (Å²) in [6, 6.07) is 5.58. The quantitative estimate of drug-likeness (QED) is 0.905. The van der Waals surface area contributed by atoms with E-state index in [1.807, 2.05) is 30.1 Å². The third-order valence-corrected chi connectivity index (χ3v) is 3.87. The van der Waals surface area contributed by atoms with Crippen molar-refractivity contribution in [3.63, 3.8) is 0 Å². The van der Waals surface area contributed by atoms with E-state index in [0.717, 1.165) is 25.7 Å². The minimum absolute atomic E-state index is 0.499. The fourth-order valence-electron chi connectivity index (χ4n) is 2.90. The molecular formula is C15H20N4O2. The first-order valence-electron chi connectivity index (χ1n) is 7.30. The zero-order chi connectivity index (χ0) is 14.7. The highest BCUT2D eigenvalue weighted by Crippen LogP contribution is 2.30. The van der Waals surface area contributed by atoms with E-state index in [2.05, 4.69) is 15.1 Å². The second kappa shape index (κ2) is 5.91. The number of likely N-dealkylation sites (N-methyl/N-ethyl adjacent to an activating group) is 1. The Labute approximate surface area is 123 Å². The first kappa shape index (κ1) is 14.2. The van der Waals surface area contributed by atoms with Crippen LogP contribution in [0, 0.1) is 0 Å². The highest BCUT2D eigenvalue weighted by Gasteiger charge is 2.32. The van der Waals surface area contributed by atoms with Gasteiger partial charge in [0.05, 0.1) is 12.1 Å². The lowest BCUT2D eigenvalue weighted by Gasteiger charge is -2.27. The largest absolute Gasteiger partial charge is 0.389 e. The lowest BCUT2D eigenvalue weighted by Crippen LogP contribution is -2.38. The Morgan fingerprint density at radius 3 is 2.86 bits per heavy atom. The molecule has 0 bridgehead atoms. The van der Waals surface area contributed by atoms with Gasteiger partial charge in [-0.05, 0) is 32.0 Å².